The molecule has 1 aliphatic heterocycles. The van der Waals surface area contributed by atoms with Crippen molar-refractivity contribution >= 4 is 42.6 Å². The lowest BCUT2D eigenvalue weighted by Crippen LogP contribution is -2.44. The number of carbonyl (C=O) groups excluding carboxylic acids is 1. The fraction of sp³-hybridized carbons (Fsp3) is 0.235. The molecule has 0 atom stereocenters. The quantitative estimate of drug-likeness (QED) is 0.200. The number of likely N-dealkylation sites (tertiary alicyclic amines) is 1. The number of nitrogens with zero attached hydrogens (tertiary/aromatic N) is 2. The number of aromatic amines is 1. The van der Waals surface area contributed by atoms with Gasteiger partial charge in [0, 0.05) is 59.0 Å². The molecule has 0 unspecified atom stereocenters. The Morgan fingerprint density at radius 2 is 1.74 bits per heavy atom. The molecule has 2 aromatic heterocycles. The number of benzene rings is 3. The first kappa shape index (κ1) is 29.3. The second-order valence-electron chi connectivity index (χ2n) is 11.3. The van der Waals surface area contributed by atoms with Crippen LogP contribution in [0.4, 0.5) is 0 Å². The summed E-state index contributed by atoms with van der Waals surface area (Å²) in [5.74, 6) is -0.416. The van der Waals surface area contributed by atoms with Crippen molar-refractivity contribution in [3.63, 3.8) is 0 Å². The summed E-state index contributed by atoms with van der Waals surface area (Å²) < 4.78 is 29.9. The van der Waals surface area contributed by atoms with Crippen LogP contribution in [-0.4, -0.2) is 48.3 Å². The van der Waals surface area contributed by atoms with Gasteiger partial charge in [-0.3, -0.25) is 14.7 Å². The lowest BCUT2D eigenvalue weighted by Gasteiger charge is -2.32. The maximum atomic E-state index is 14.6. The third-order valence-electron chi connectivity index (χ3n) is 7.97. The number of fused-ring (bicyclic) bond motifs is 1. The highest BCUT2D eigenvalue weighted by Gasteiger charge is 2.33. The van der Waals surface area contributed by atoms with E-state index in [1.54, 1.807) is 30.5 Å². The molecule has 1 saturated heterocycles. The minimum Gasteiger partial charge on any atom is -0.349 e. The minimum atomic E-state index is -4.13. The number of halogens is 1. The Morgan fingerprint density at radius 3 is 2.47 bits per heavy atom. The molecule has 9 heteroatoms. The fourth-order valence-corrected chi connectivity index (χ4v) is 8.19. The Hall–Kier alpha value is -3.79. The zero-order valence-corrected chi connectivity index (χ0v) is 26.5. The van der Waals surface area contributed by atoms with E-state index in [0.717, 1.165) is 59.2 Å². The number of piperidine rings is 1. The van der Waals surface area contributed by atoms with Crippen molar-refractivity contribution in [3.8, 4) is 11.1 Å². The number of sulfone groups is 1. The summed E-state index contributed by atoms with van der Waals surface area (Å²) in [6.07, 6.45) is 5.19. The van der Waals surface area contributed by atoms with E-state index in [-0.39, 0.29) is 21.5 Å². The second kappa shape index (κ2) is 12.1. The molecule has 3 heterocycles. The van der Waals surface area contributed by atoms with Crippen LogP contribution in [-0.2, 0) is 16.4 Å². The fourth-order valence-electron chi connectivity index (χ4n) is 6.00. The highest BCUT2D eigenvalue weighted by molar-refractivity contribution is 9.10. The van der Waals surface area contributed by atoms with Crippen molar-refractivity contribution in [1.82, 2.24) is 20.2 Å². The zero-order chi connectivity index (χ0) is 30.1. The molecule has 1 amide bonds. The molecule has 0 bridgehead atoms. The van der Waals surface area contributed by atoms with Crippen LogP contribution in [0.15, 0.2) is 99.5 Å². The smallest absolute Gasteiger partial charge is 0.269 e. The molecule has 3 aromatic carbocycles. The van der Waals surface area contributed by atoms with E-state index in [2.05, 4.69) is 48.2 Å². The van der Waals surface area contributed by atoms with Crippen molar-refractivity contribution in [2.24, 2.45) is 0 Å². The summed E-state index contributed by atoms with van der Waals surface area (Å²) in [5, 5.41) is 3.61. The summed E-state index contributed by atoms with van der Waals surface area (Å²) in [7, 11) is -4.13. The van der Waals surface area contributed by atoms with Gasteiger partial charge in [-0.1, -0.05) is 69.5 Å². The van der Waals surface area contributed by atoms with Gasteiger partial charge >= 0.3 is 0 Å². The van der Waals surface area contributed by atoms with Crippen LogP contribution >= 0.6 is 15.9 Å². The van der Waals surface area contributed by atoms with Crippen LogP contribution < -0.4 is 5.32 Å². The maximum Gasteiger partial charge on any atom is 0.269 e. The minimum absolute atomic E-state index is 0.00728. The molecule has 7 nitrogen and oxygen atoms in total. The molecule has 5 aromatic rings. The van der Waals surface area contributed by atoms with Crippen molar-refractivity contribution in [2.45, 2.75) is 49.1 Å². The first-order chi connectivity index (χ1) is 20.7. The summed E-state index contributed by atoms with van der Waals surface area (Å²) >= 11 is 3.49. The molecular formula is C34H33BrN4O3S. The lowest BCUT2D eigenvalue weighted by molar-refractivity contribution is 0.0901. The van der Waals surface area contributed by atoms with E-state index in [9.17, 15) is 13.2 Å². The average molecular weight is 658 g/mol. The Balaban J connectivity index is 1.33. The number of hydrogen-bond acceptors (Lipinski definition) is 5. The first-order valence-corrected chi connectivity index (χ1v) is 16.6. The molecule has 0 aliphatic carbocycles. The van der Waals surface area contributed by atoms with Gasteiger partial charge < -0.3 is 10.3 Å². The van der Waals surface area contributed by atoms with Crippen LogP contribution in [0.2, 0.25) is 0 Å². The van der Waals surface area contributed by atoms with Gasteiger partial charge in [0.15, 0.2) is 0 Å². The van der Waals surface area contributed by atoms with Gasteiger partial charge in [-0.25, -0.2) is 8.42 Å². The summed E-state index contributed by atoms with van der Waals surface area (Å²) in [4.78, 5) is 23.7. The van der Waals surface area contributed by atoms with Crippen molar-refractivity contribution < 1.29 is 13.2 Å². The summed E-state index contributed by atoms with van der Waals surface area (Å²) in [6.45, 7) is 6.46. The van der Waals surface area contributed by atoms with Gasteiger partial charge in [0.1, 0.15) is 10.6 Å². The number of aryl methyl sites for hydroxylation is 2. The molecular weight excluding hydrogens is 624 g/mol. The highest BCUT2D eigenvalue weighted by atomic mass is 79.9. The van der Waals surface area contributed by atoms with E-state index in [1.165, 1.54) is 0 Å². The first-order valence-electron chi connectivity index (χ1n) is 14.3. The molecule has 6 rings (SSSR count). The number of H-pyrrole nitrogens is 1. The Morgan fingerprint density at radius 1 is 1.00 bits per heavy atom. The number of aromatic nitrogens is 2. The SMILES string of the molecule is Cc1cc(C)cc(-c2ccccc2S(=O)(=O)c2c(C(=O)NC3CCN(Cc4cccnc4)CC3)[nH]c3ccc(Br)cc23)c1. The van der Waals surface area contributed by atoms with Crippen molar-refractivity contribution in [3.05, 3.63) is 112 Å². The molecule has 2 N–H and O–H groups in total. The molecule has 220 valence electrons. The summed E-state index contributed by atoms with van der Waals surface area (Å²) in [6, 6.07) is 22.4. The lowest BCUT2D eigenvalue weighted by atomic mass is 10.0. The standard InChI is InChI=1S/C34H33BrN4O3S/c1-22-16-23(2)18-25(17-22)28-7-3-4-8-31(28)43(41,42)33-29-19-26(35)9-10-30(29)38-32(33)34(40)37-27-11-14-39(15-12-27)21-24-6-5-13-36-20-24/h3-10,13,16-20,27,38H,11-12,14-15,21H2,1-2H3,(H,37,40). The van der Waals surface area contributed by atoms with Crippen LogP contribution in [0, 0.1) is 13.8 Å². The van der Waals surface area contributed by atoms with E-state index in [1.807, 2.05) is 56.4 Å². The molecule has 43 heavy (non-hydrogen) atoms. The number of nitrogens with one attached hydrogen (secondary N) is 2. The number of rotatable bonds is 7. The maximum absolute atomic E-state index is 14.6. The zero-order valence-electron chi connectivity index (χ0n) is 24.1. The third-order valence-corrected chi connectivity index (χ3v) is 10.4. The predicted octanol–water partition coefficient (Wildman–Crippen LogP) is 6.84. The van der Waals surface area contributed by atoms with Gasteiger partial charge in [0.05, 0.1) is 4.90 Å². The van der Waals surface area contributed by atoms with E-state index < -0.39 is 15.7 Å². The number of hydrogen-bond donors (Lipinski definition) is 2. The normalized spacial score (nSPS) is 14.7. The number of carbonyl (C=O) groups is 1. The molecule has 0 saturated carbocycles. The van der Waals surface area contributed by atoms with Gasteiger partial charge in [-0.15, -0.1) is 0 Å². The van der Waals surface area contributed by atoms with E-state index in [0.29, 0.717) is 16.5 Å². The third kappa shape index (κ3) is 6.16. The van der Waals surface area contributed by atoms with E-state index >= 15 is 0 Å². The molecule has 1 fully saturated rings. The number of amides is 1. The van der Waals surface area contributed by atoms with Crippen LogP contribution in [0.3, 0.4) is 0 Å². The largest absolute Gasteiger partial charge is 0.349 e. The van der Waals surface area contributed by atoms with Crippen LogP contribution in [0.5, 0.6) is 0 Å². The monoisotopic (exact) mass is 656 g/mol. The van der Waals surface area contributed by atoms with Crippen LogP contribution in [0.25, 0.3) is 22.0 Å². The highest BCUT2D eigenvalue weighted by Crippen LogP contribution is 2.38. The molecule has 0 radical (unpaired) electrons. The Kier molecular flexibility index (Phi) is 8.22. The average Bonchev–Trinajstić information content (AvgIpc) is 3.38. The topological polar surface area (TPSA) is 95.2 Å². The summed E-state index contributed by atoms with van der Waals surface area (Å²) in [5.41, 5.74) is 5.32. The Bertz CT molecular complexity index is 1890. The van der Waals surface area contributed by atoms with Gasteiger partial charge in [0.25, 0.3) is 5.91 Å². The number of pyridine rings is 1. The molecule has 0 spiro atoms. The van der Waals surface area contributed by atoms with Gasteiger partial charge in [-0.05, 0) is 68.1 Å². The van der Waals surface area contributed by atoms with Crippen LogP contribution in [0.1, 0.15) is 40.0 Å². The van der Waals surface area contributed by atoms with Gasteiger partial charge in [0.2, 0.25) is 9.84 Å². The predicted molar refractivity (Wildman–Crippen MR) is 173 cm³/mol. The van der Waals surface area contributed by atoms with Crippen molar-refractivity contribution in [1.29, 1.82) is 0 Å². The van der Waals surface area contributed by atoms with Gasteiger partial charge in [-0.2, -0.15) is 0 Å². The van der Waals surface area contributed by atoms with E-state index in [4.69, 9.17) is 0 Å². The van der Waals surface area contributed by atoms with Crippen molar-refractivity contribution in [2.75, 3.05) is 13.1 Å². The second-order valence-corrected chi connectivity index (χ2v) is 14.1. The molecule has 1 aliphatic rings. The Labute approximate surface area is 260 Å².